The Balaban J connectivity index is 1.80. The Kier molecular flexibility index (Phi) is 2.90. The fraction of sp³-hybridized carbons (Fsp3) is 0.250. The van der Waals surface area contributed by atoms with E-state index in [9.17, 15) is 0 Å². The summed E-state index contributed by atoms with van der Waals surface area (Å²) in [5.41, 5.74) is 7.93. The van der Waals surface area contributed by atoms with Crippen LogP contribution in [0.4, 0.5) is 5.69 Å². The van der Waals surface area contributed by atoms with Crippen molar-refractivity contribution in [3.63, 3.8) is 0 Å². The molecule has 2 heterocycles. The van der Waals surface area contributed by atoms with E-state index in [1.807, 2.05) is 24.6 Å². The van der Waals surface area contributed by atoms with Crippen molar-refractivity contribution in [2.24, 2.45) is 7.05 Å². The molecule has 0 spiro atoms. The molecule has 0 radical (unpaired) electrons. The molecule has 0 aliphatic heterocycles. The summed E-state index contributed by atoms with van der Waals surface area (Å²) in [4.78, 5) is 4.40. The Bertz CT molecular complexity index is 733. The number of anilines is 1. The Hall–Kier alpha value is -2.02. The van der Waals surface area contributed by atoms with Gasteiger partial charge in [0, 0.05) is 12.7 Å². The standard InChI is InChI=1S/C12H13N5OS/c1-7-15-16-12(17(7)2)19-6-11-14-9-5-8(13)3-4-10(9)18-11/h3-5H,6,13H2,1-2H3. The molecular weight excluding hydrogens is 262 g/mol. The Morgan fingerprint density at radius 1 is 1.37 bits per heavy atom. The van der Waals surface area contributed by atoms with Gasteiger partial charge in [0.05, 0.1) is 5.75 Å². The summed E-state index contributed by atoms with van der Waals surface area (Å²) in [7, 11) is 1.93. The van der Waals surface area contributed by atoms with Gasteiger partial charge in [-0.05, 0) is 25.1 Å². The number of hydrogen-bond acceptors (Lipinski definition) is 6. The molecule has 0 atom stereocenters. The van der Waals surface area contributed by atoms with E-state index >= 15 is 0 Å². The van der Waals surface area contributed by atoms with Crippen LogP contribution >= 0.6 is 11.8 Å². The minimum absolute atomic E-state index is 0.612. The number of oxazole rings is 1. The van der Waals surface area contributed by atoms with Crippen molar-refractivity contribution in [2.75, 3.05) is 5.73 Å². The summed E-state index contributed by atoms with van der Waals surface area (Å²) < 4.78 is 7.58. The number of nitrogen functional groups attached to an aromatic ring is 1. The third-order valence-electron chi connectivity index (χ3n) is 2.83. The number of nitrogens with two attached hydrogens (primary N) is 1. The third-order valence-corrected chi connectivity index (χ3v) is 3.84. The molecule has 0 fully saturated rings. The van der Waals surface area contributed by atoms with Crippen molar-refractivity contribution in [2.45, 2.75) is 17.8 Å². The van der Waals surface area contributed by atoms with Gasteiger partial charge < -0.3 is 14.7 Å². The van der Waals surface area contributed by atoms with Crippen LogP contribution in [0, 0.1) is 6.92 Å². The summed E-state index contributed by atoms with van der Waals surface area (Å²) in [6.07, 6.45) is 0. The molecule has 2 N–H and O–H groups in total. The van der Waals surface area contributed by atoms with Crippen LogP contribution in [-0.2, 0) is 12.8 Å². The van der Waals surface area contributed by atoms with Gasteiger partial charge in [0.25, 0.3) is 0 Å². The highest BCUT2D eigenvalue weighted by atomic mass is 32.2. The maximum Gasteiger partial charge on any atom is 0.205 e. The zero-order valence-electron chi connectivity index (χ0n) is 10.6. The smallest absolute Gasteiger partial charge is 0.205 e. The number of rotatable bonds is 3. The monoisotopic (exact) mass is 275 g/mol. The van der Waals surface area contributed by atoms with E-state index < -0.39 is 0 Å². The fourth-order valence-corrected chi connectivity index (χ4v) is 2.49. The summed E-state index contributed by atoms with van der Waals surface area (Å²) in [5.74, 6) is 2.15. The molecule has 1 aromatic carbocycles. The van der Waals surface area contributed by atoms with Crippen molar-refractivity contribution in [3.8, 4) is 0 Å². The molecule has 0 saturated carbocycles. The molecule has 3 rings (SSSR count). The summed E-state index contributed by atoms with van der Waals surface area (Å²) in [6.45, 7) is 1.92. The number of aryl methyl sites for hydroxylation is 1. The van der Waals surface area contributed by atoms with Crippen molar-refractivity contribution >= 4 is 28.5 Å². The first kappa shape index (κ1) is 12.0. The molecule has 6 nitrogen and oxygen atoms in total. The molecule has 3 aromatic rings. The van der Waals surface area contributed by atoms with Crippen LogP contribution in [0.3, 0.4) is 0 Å². The van der Waals surface area contributed by atoms with Crippen LogP contribution in [0.5, 0.6) is 0 Å². The Labute approximate surface area is 114 Å². The topological polar surface area (TPSA) is 82.8 Å². The number of aromatic nitrogens is 4. The lowest BCUT2D eigenvalue weighted by molar-refractivity contribution is 0.555. The molecular formula is C12H13N5OS. The summed E-state index contributed by atoms with van der Waals surface area (Å²) in [5, 5.41) is 8.94. The first-order valence-corrected chi connectivity index (χ1v) is 6.76. The Morgan fingerprint density at radius 2 is 2.21 bits per heavy atom. The van der Waals surface area contributed by atoms with E-state index in [1.54, 1.807) is 23.9 Å². The quantitative estimate of drug-likeness (QED) is 0.582. The van der Waals surface area contributed by atoms with E-state index in [0.717, 1.165) is 22.1 Å². The SMILES string of the molecule is Cc1nnc(SCc2nc3cc(N)ccc3o2)n1C. The van der Waals surface area contributed by atoms with Gasteiger partial charge in [0.2, 0.25) is 5.89 Å². The van der Waals surface area contributed by atoms with Gasteiger partial charge in [-0.15, -0.1) is 10.2 Å². The van der Waals surface area contributed by atoms with Gasteiger partial charge in [-0.25, -0.2) is 4.98 Å². The average molecular weight is 275 g/mol. The lowest BCUT2D eigenvalue weighted by Crippen LogP contribution is -1.93. The molecule has 98 valence electrons. The van der Waals surface area contributed by atoms with Gasteiger partial charge in [-0.1, -0.05) is 11.8 Å². The van der Waals surface area contributed by atoms with Crippen molar-refractivity contribution in [1.82, 2.24) is 19.7 Å². The van der Waals surface area contributed by atoms with Gasteiger partial charge >= 0.3 is 0 Å². The lowest BCUT2D eigenvalue weighted by atomic mass is 10.3. The second-order valence-electron chi connectivity index (χ2n) is 4.21. The van der Waals surface area contributed by atoms with Crippen LogP contribution in [-0.4, -0.2) is 19.7 Å². The molecule has 0 saturated heterocycles. The van der Waals surface area contributed by atoms with Crippen molar-refractivity contribution in [3.05, 3.63) is 29.9 Å². The lowest BCUT2D eigenvalue weighted by Gasteiger charge is -1.98. The summed E-state index contributed by atoms with van der Waals surface area (Å²) in [6, 6.07) is 5.44. The van der Waals surface area contributed by atoms with Crippen molar-refractivity contribution < 1.29 is 4.42 Å². The average Bonchev–Trinajstić information content (AvgIpc) is 2.92. The summed E-state index contributed by atoms with van der Waals surface area (Å²) >= 11 is 1.54. The number of thioether (sulfide) groups is 1. The van der Waals surface area contributed by atoms with Crippen LogP contribution in [0.25, 0.3) is 11.1 Å². The van der Waals surface area contributed by atoms with E-state index in [2.05, 4.69) is 15.2 Å². The van der Waals surface area contributed by atoms with Gasteiger partial charge in [0.15, 0.2) is 10.7 Å². The second kappa shape index (κ2) is 4.58. The number of benzene rings is 1. The van der Waals surface area contributed by atoms with Crippen molar-refractivity contribution in [1.29, 1.82) is 0 Å². The van der Waals surface area contributed by atoms with Crippen LogP contribution in [0.15, 0.2) is 27.8 Å². The molecule has 0 unspecified atom stereocenters. The van der Waals surface area contributed by atoms with Gasteiger partial charge in [-0.3, -0.25) is 0 Å². The van der Waals surface area contributed by atoms with E-state index in [4.69, 9.17) is 10.2 Å². The van der Waals surface area contributed by atoms with Crippen LogP contribution in [0.2, 0.25) is 0 Å². The third kappa shape index (κ3) is 2.28. The Morgan fingerprint density at radius 3 is 2.95 bits per heavy atom. The maximum absolute atomic E-state index is 5.71. The highest BCUT2D eigenvalue weighted by Crippen LogP contribution is 2.24. The number of fused-ring (bicyclic) bond motifs is 1. The number of nitrogens with zero attached hydrogens (tertiary/aromatic N) is 4. The molecule has 0 amide bonds. The van der Waals surface area contributed by atoms with Gasteiger partial charge in [0.1, 0.15) is 11.3 Å². The zero-order valence-corrected chi connectivity index (χ0v) is 11.4. The van der Waals surface area contributed by atoms with Crippen LogP contribution in [0.1, 0.15) is 11.7 Å². The zero-order chi connectivity index (χ0) is 13.4. The van der Waals surface area contributed by atoms with Gasteiger partial charge in [-0.2, -0.15) is 0 Å². The van der Waals surface area contributed by atoms with E-state index in [1.165, 1.54) is 0 Å². The fourth-order valence-electron chi connectivity index (χ4n) is 1.69. The van der Waals surface area contributed by atoms with E-state index in [-0.39, 0.29) is 0 Å². The maximum atomic E-state index is 5.71. The first-order chi connectivity index (χ1) is 9.13. The second-order valence-corrected chi connectivity index (χ2v) is 5.15. The first-order valence-electron chi connectivity index (χ1n) is 5.77. The minimum atomic E-state index is 0.612. The normalized spacial score (nSPS) is 11.3. The van der Waals surface area contributed by atoms with Crippen LogP contribution < -0.4 is 5.73 Å². The molecule has 0 aliphatic rings. The largest absolute Gasteiger partial charge is 0.440 e. The predicted molar refractivity (Wildman–Crippen MR) is 73.7 cm³/mol. The molecule has 0 aliphatic carbocycles. The molecule has 19 heavy (non-hydrogen) atoms. The molecule has 0 bridgehead atoms. The van der Waals surface area contributed by atoms with E-state index in [0.29, 0.717) is 17.3 Å². The highest BCUT2D eigenvalue weighted by Gasteiger charge is 2.10. The number of hydrogen-bond donors (Lipinski definition) is 1. The minimum Gasteiger partial charge on any atom is -0.440 e. The predicted octanol–water partition coefficient (Wildman–Crippen LogP) is 2.14. The molecule has 7 heteroatoms. The highest BCUT2D eigenvalue weighted by molar-refractivity contribution is 7.98. The molecule has 2 aromatic heterocycles.